The van der Waals surface area contributed by atoms with Crippen molar-refractivity contribution in [1.29, 1.82) is 0 Å². The molecule has 0 amide bonds. The van der Waals surface area contributed by atoms with Crippen LogP contribution in [0.5, 0.6) is 0 Å². The highest BCUT2D eigenvalue weighted by atomic mass is 35.5. The molecule has 0 unspecified atom stereocenters. The molecular weight excluding hydrogens is 338 g/mol. The van der Waals surface area contributed by atoms with Crippen LogP contribution in [0.3, 0.4) is 0 Å². The minimum Gasteiger partial charge on any atom is -0.378 e. The molecule has 4 rings (SSSR count). The van der Waals surface area contributed by atoms with E-state index in [1.807, 2.05) is 36.4 Å². The van der Waals surface area contributed by atoms with Gasteiger partial charge in [0.25, 0.3) is 0 Å². The Hall–Kier alpha value is -2.44. The number of nitrogens with one attached hydrogen (secondary N) is 1. The molecule has 0 bridgehead atoms. The molecule has 1 saturated heterocycles. The summed E-state index contributed by atoms with van der Waals surface area (Å²) in [6.07, 6.45) is 1.79. The van der Waals surface area contributed by atoms with Crippen LogP contribution >= 0.6 is 11.6 Å². The van der Waals surface area contributed by atoms with E-state index in [0.29, 0.717) is 30.7 Å². The van der Waals surface area contributed by atoms with Gasteiger partial charge in [0.15, 0.2) is 0 Å². The summed E-state index contributed by atoms with van der Waals surface area (Å²) < 4.78 is 5.42. The van der Waals surface area contributed by atoms with Gasteiger partial charge in [0.05, 0.1) is 31.0 Å². The van der Waals surface area contributed by atoms with Crippen LogP contribution in [0.15, 0.2) is 42.6 Å². The number of nitrogens with zero attached hydrogens (tertiary/aromatic N) is 4. The van der Waals surface area contributed by atoms with E-state index in [1.165, 1.54) is 0 Å². The fourth-order valence-corrected chi connectivity index (χ4v) is 2.97. The number of aromatic nitrogens is 3. The van der Waals surface area contributed by atoms with Crippen molar-refractivity contribution in [3.8, 4) is 0 Å². The van der Waals surface area contributed by atoms with Crippen molar-refractivity contribution in [3.63, 3.8) is 0 Å². The Morgan fingerprint density at radius 2 is 2.00 bits per heavy atom. The van der Waals surface area contributed by atoms with Crippen LogP contribution in [0.2, 0.25) is 5.02 Å². The van der Waals surface area contributed by atoms with Gasteiger partial charge in [-0.2, -0.15) is 4.98 Å². The monoisotopic (exact) mass is 355 g/mol. The third-order valence-corrected chi connectivity index (χ3v) is 4.34. The summed E-state index contributed by atoms with van der Waals surface area (Å²) in [5, 5.41) is 4.99. The molecule has 7 heteroatoms. The second-order valence-corrected chi connectivity index (χ2v) is 6.24. The number of hydrogen-bond acceptors (Lipinski definition) is 6. The Morgan fingerprint density at radius 1 is 1.12 bits per heavy atom. The smallest absolute Gasteiger partial charge is 0.228 e. The molecule has 0 spiro atoms. The number of ether oxygens (including phenoxy) is 1. The second kappa shape index (κ2) is 7.21. The minimum atomic E-state index is 0.595. The average Bonchev–Trinajstić information content (AvgIpc) is 2.67. The van der Waals surface area contributed by atoms with E-state index in [1.54, 1.807) is 6.20 Å². The van der Waals surface area contributed by atoms with Crippen LogP contribution in [-0.2, 0) is 11.3 Å². The molecule has 1 aliphatic heterocycles. The first-order chi connectivity index (χ1) is 12.3. The predicted octanol–water partition coefficient (Wildman–Crippen LogP) is 3.13. The molecule has 0 atom stereocenters. The Labute approximate surface area is 150 Å². The quantitative estimate of drug-likeness (QED) is 0.775. The molecule has 25 heavy (non-hydrogen) atoms. The van der Waals surface area contributed by atoms with Gasteiger partial charge in [-0.15, -0.1) is 0 Å². The third-order valence-electron chi connectivity index (χ3n) is 4.10. The SMILES string of the molecule is Clc1ccc2c(NCc3ccccn3)nc(N3CCOCC3)nc2c1. The average molecular weight is 356 g/mol. The Balaban J connectivity index is 1.69. The lowest BCUT2D eigenvalue weighted by Crippen LogP contribution is -2.37. The highest BCUT2D eigenvalue weighted by molar-refractivity contribution is 6.31. The molecule has 6 nitrogen and oxygen atoms in total. The summed E-state index contributed by atoms with van der Waals surface area (Å²) in [5.41, 5.74) is 1.78. The van der Waals surface area contributed by atoms with Crippen LogP contribution in [0.25, 0.3) is 10.9 Å². The van der Waals surface area contributed by atoms with Crippen molar-refractivity contribution in [2.75, 3.05) is 36.5 Å². The lowest BCUT2D eigenvalue weighted by Gasteiger charge is -2.27. The van der Waals surface area contributed by atoms with Crippen LogP contribution in [-0.4, -0.2) is 41.3 Å². The molecule has 0 radical (unpaired) electrons. The standard InChI is InChI=1S/C18H18ClN5O/c19-13-4-5-15-16(11-13)22-18(24-7-9-25-10-8-24)23-17(15)21-12-14-3-1-2-6-20-14/h1-6,11H,7-10,12H2,(H,21,22,23). The van der Waals surface area contributed by atoms with Crippen molar-refractivity contribution in [3.05, 3.63) is 53.3 Å². The van der Waals surface area contributed by atoms with Gasteiger partial charge < -0.3 is 15.0 Å². The number of morpholine rings is 1. The Kier molecular flexibility index (Phi) is 4.63. The first-order valence-corrected chi connectivity index (χ1v) is 8.61. The normalized spacial score (nSPS) is 14.7. The van der Waals surface area contributed by atoms with E-state index >= 15 is 0 Å². The van der Waals surface area contributed by atoms with Gasteiger partial charge in [-0.3, -0.25) is 4.98 Å². The van der Waals surface area contributed by atoms with Crippen LogP contribution in [0.4, 0.5) is 11.8 Å². The first-order valence-electron chi connectivity index (χ1n) is 8.23. The molecule has 1 aliphatic rings. The topological polar surface area (TPSA) is 63.2 Å². The number of fused-ring (bicyclic) bond motifs is 1. The third kappa shape index (κ3) is 3.65. The minimum absolute atomic E-state index is 0.595. The lowest BCUT2D eigenvalue weighted by molar-refractivity contribution is 0.122. The maximum atomic E-state index is 6.16. The zero-order chi connectivity index (χ0) is 17.1. The van der Waals surface area contributed by atoms with Crippen molar-refractivity contribution >= 4 is 34.3 Å². The van der Waals surface area contributed by atoms with Crippen molar-refractivity contribution < 1.29 is 4.74 Å². The van der Waals surface area contributed by atoms with Gasteiger partial charge in [0.2, 0.25) is 5.95 Å². The molecular formula is C18H18ClN5O. The maximum absolute atomic E-state index is 6.16. The largest absolute Gasteiger partial charge is 0.378 e. The maximum Gasteiger partial charge on any atom is 0.228 e. The number of pyridine rings is 1. The number of hydrogen-bond donors (Lipinski definition) is 1. The van der Waals surface area contributed by atoms with Gasteiger partial charge in [0, 0.05) is 29.7 Å². The summed E-state index contributed by atoms with van der Waals surface area (Å²) in [5.74, 6) is 1.48. The fraction of sp³-hybridized carbons (Fsp3) is 0.278. The van der Waals surface area contributed by atoms with Crippen LogP contribution in [0, 0.1) is 0 Å². The molecule has 1 N–H and O–H groups in total. The number of rotatable bonds is 4. The molecule has 0 aliphatic carbocycles. The van der Waals surface area contributed by atoms with E-state index in [0.717, 1.165) is 35.5 Å². The molecule has 3 aromatic rings. The molecule has 128 valence electrons. The van der Waals surface area contributed by atoms with Gasteiger partial charge in [-0.05, 0) is 30.3 Å². The zero-order valence-electron chi connectivity index (χ0n) is 13.7. The second-order valence-electron chi connectivity index (χ2n) is 5.81. The van der Waals surface area contributed by atoms with Crippen molar-refractivity contribution in [2.24, 2.45) is 0 Å². The first kappa shape index (κ1) is 16.1. The van der Waals surface area contributed by atoms with Crippen LogP contribution in [0.1, 0.15) is 5.69 Å². The number of anilines is 2. The molecule has 1 aromatic carbocycles. The zero-order valence-corrected chi connectivity index (χ0v) is 14.4. The highest BCUT2D eigenvalue weighted by Crippen LogP contribution is 2.26. The summed E-state index contributed by atoms with van der Waals surface area (Å²) in [6.45, 7) is 3.54. The molecule has 3 heterocycles. The Bertz CT molecular complexity index is 868. The van der Waals surface area contributed by atoms with Crippen molar-refractivity contribution in [2.45, 2.75) is 6.54 Å². The predicted molar refractivity (Wildman–Crippen MR) is 99.1 cm³/mol. The van der Waals surface area contributed by atoms with Gasteiger partial charge in [0.1, 0.15) is 5.82 Å². The van der Waals surface area contributed by atoms with Crippen LogP contribution < -0.4 is 10.2 Å². The summed E-state index contributed by atoms with van der Waals surface area (Å²) in [4.78, 5) is 15.9. The highest BCUT2D eigenvalue weighted by Gasteiger charge is 2.16. The van der Waals surface area contributed by atoms with E-state index in [2.05, 4.69) is 15.2 Å². The van der Waals surface area contributed by atoms with E-state index in [9.17, 15) is 0 Å². The lowest BCUT2D eigenvalue weighted by atomic mass is 10.2. The molecule has 2 aromatic heterocycles. The molecule has 0 saturated carbocycles. The fourth-order valence-electron chi connectivity index (χ4n) is 2.81. The molecule has 1 fully saturated rings. The van der Waals surface area contributed by atoms with Gasteiger partial charge in [-0.25, -0.2) is 4.98 Å². The summed E-state index contributed by atoms with van der Waals surface area (Å²) >= 11 is 6.16. The van der Waals surface area contributed by atoms with Gasteiger partial charge in [-0.1, -0.05) is 17.7 Å². The summed E-state index contributed by atoms with van der Waals surface area (Å²) in [6, 6.07) is 11.5. The Morgan fingerprint density at radius 3 is 2.80 bits per heavy atom. The number of benzene rings is 1. The van der Waals surface area contributed by atoms with E-state index < -0.39 is 0 Å². The van der Waals surface area contributed by atoms with Gasteiger partial charge >= 0.3 is 0 Å². The van der Waals surface area contributed by atoms with E-state index in [-0.39, 0.29) is 0 Å². The van der Waals surface area contributed by atoms with E-state index in [4.69, 9.17) is 26.3 Å². The summed E-state index contributed by atoms with van der Waals surface area (Å²) in [7, 11) is 0. The number of halogens is 1. The van der Waals surface area contributed by atoms with Crippen molar-refractivity contribution in [1.82, 2.24) is 15.0 Å².